The Morgan fingerprint density at radius 3 is 2.38 bits per heavy atom. The maximum absolute atomic E-state index is 12.8. The van der Waals surface area contributed by atoms with Gasteiger partial charge in [-0.3, -0.25) is 0 Å². The Morgan fingerprint density at radius 2 is 1.86 bits per heavy atom. The third-order valence-corrected chi connectivity index (χ3v) is 5.87. The summed E-state index contributed by atoms with van der Waals surface area (Å²) in [7, 11) is 1.37. The number of ether oxygens (including phenoxy) is 2. The van der Waals surface area contributed by atoms with Crippen molar-refractivity contribution in [1.82, 2.24) is 9.62 Å². The van der Waals surface area contributed by atoms with Crippen molar-refractivity contribution in [3.63, 3.8) is 0 Å². The number of benzene rings is 1. The summed E-state index contributed by atoms with van der Waals surface area (Å²) in [5.74, 6) is 0.953. The fraction of sp³-hybridized carbons (Fsp3) is 0.571. The molecule has 0 saturated carbocycles. The first-order valence-corrected chi connectivity index (χ1v) is 8.28. The van der Waals surface area contributed by atoms with Crippen LogP contribution in [0.5, 0.6) is 11.5 Å². The van der Waals surface area contributed by atoms with Gasteiger partial charge in [0.05, 0.1) is 19.1 Å². The molecule has 0 aromatic heterocycles. The molecule has 1 unspecified atom stereocenters. The minimum absolute atomic E-state index is 0.209. The molecule has 1 aromatic carbocycles. The molecule has 1 aliphatic heterocycles. The van der Waals surface area contributed by atoms with Crippen LogP contribution in [0.2, 0.25) is 0 Å². The quantitative estimate of drug-likeness (QED) is 0.878. The predicted molar refractivity (Wildman–Crippen MR) is 80.5 cm³/mol. The van der Waals surface area contributed by atoms with Crippen LogP contribution < -0.4 is 14.8 Å². The lowest BCUT2D eigenvalue weighted by Gasteiger charge is -2.19. The first-order chi connectivity index (χ1) is 9.93. The second-order valence-corrected chi connectivity index (χ2v) is 7.02. The molecular formula is C14H22N2O4S. The van der Waals surface area contributed by atoms with Crippen molar-refractivity contribution in [2.24, 2.45) is 0 Å². The first-order valence-electron chi connectivity index (χ1n) is 6.84. The Hall–Kier alpha value is -1.31. The molecule has 0 amide bonds. The average molecular weight is 314 g/mol. The molecule has 1 fully saturated rings. The summed E-state index contributed by atoms with van der Waals surface area (Å²) in [6.07, 6.45) is 0.821. The molecule has 7 heteroatoms. The molecule has 6 nitrogen and oxygen atoms in total. The lowest BCUT2D eigenvalue weighted by Crippen LogP contribution is -2.33. The summed E-state index contributed by atoms with van der Waals surface area (Å²) in [5.41, 5.74) is 0.653. The summed E-state index contributed by atoms with van der Waals surface area (Å²) in [6.45, 7) is 2.79. The second kappa shape index (κ2) is 6.21. The van der Waals surface area contributed by atoms with Gasteiger partial charge in [-0.2, -0.15) is 4.31 Å². The van der Waals surface area contributed by atoms with Gasteiger partial charge in [0.25, 0.3) is 0 Å². The van der Waals surface area contributed by atoms with Crippen molar-refractivity contribution in [3.05, 3.63) is 17.7 Å². The van der Waals surface area contributed by atoms with Gasteiger partial charge in [0, 0.05) is 25.2 Å². The standard InChI is InChI=1S/C14H22N2O4S/c1-10-7-12(19-3)13(20-4)8-14(10)21(17,18)16-6-5-11(9-16)15-2/h7-8,11,15H,5-6,9H2,1-4H3. The predicted octanol–water partition coefficient (Wildman–Crippen LogP) is 0.995. The zero-order valence-corrected chi connectivity index (χ0v) is 13.7. The van der Waals surface area contributed by atoms with Crippen LogP contribution in [0, 0.1) is 6.92 Å². The van der Waals surface area contributed by atoms with Crippen molar-refractivity contribution in [1.29, 1.82) is 0 Å². The molecule has 0 bridgehead atoms. The van der Waals surface area contributed by atoms with Gasteiger partial charge in [-0.05, 0) is 32.0 Å². The van der Waals surface area contributed by atoms with Gasteiger partial charge in [-0.1, -0.05) is 0 Å². The Balaban J connectivity index is 2.41. The van der Waals surface area contributed by atoms with E-state index in [1.54, 1.807) is 13.0 Å². The summed E-state index contributed by atoms with van der Waals surface area (Å²) >= 11 is 0. The van der Waals surface area contributed by atoms with Gasteiger partial charge in [-0.25, -0.2) is 8.42 Å². The molecule has 2 rings (SSSR count). The average Bonchev–Trinajstić information content (AvgIpc) is 2.96. The monoisotopic (exact) mass is 314 g/mol. The van der Waals surface area contributed by atoms with E-state index in [0.717, 1.165) is 6.42 Å². The van der Waals surface area contributed by atoms with Gasteiger partial charge < -0.3 is 14.8 Å². The second-order valence-electron chi connectivity index (χ2n) is 5.11. The smallest absolute Gasteiger partial charge is 0.243 e. The highest BCUT2D eigenvalue weighted by Crippen LogP contribution is 2.34. The van der Waals surface area contributed by atoms with E-state index in [1.165, 1.54) is 24.6 Å². The molecule has 0 radical (unpaired) electrons. The summed E-state index contributed by atoms with van der Waals surface area (Å²) in [5, 5.41) is 3.12. The van der Waals surface area contributed by atoms with Gasteiger partial charge in [0.15, 0.2) is 11.5 Å². The molecule has 1 atom stereocenters. The molecule has 1 aromatic rings. The lowest BCUT2D eigenvalue weighted by molar-refractivity contribution is 0.353. The summed E-state index contributed by atoms with van der Waals surface area (Å²) in [6, 6.07) is 3.44. The van der Waals surface area contributed by atoms with Crippen molar-refractivity contribution in [2.45, 2.75) is 24.3 Å². The molecular weight excluding hydrogens is 292 g/mol. The maximum Gasteiger partial charge on any atom is 0.243 e. The fourth-order valence-electron chi connectivity index (χ4n) is 2.56. The van der Waals surface area contributed by atoms with E-state index in [0.29, 0.717) is 30.2 Å². The van der Waals surface area contributed by atoms with E-state index < -0.39 is 10.0 Å². The number of nitrogens with one attached hydrogen (secondary N) is 1. The van der Waals surface area contributed by atoms with Gasteiger partial charge in [-0.15, -0.1) is 0 Å². The van der Waals surface area contributed by atoms with E-state index in [-0.39, 0.29) is 10.9 Å². The van der Waals surface area contributed by atoms with E-state index >= 15 is 0 Å². The molecule has 0 aliphatic carbocycles. The zero-order chi connectivity index (χ0) is 15.6. The van der Waals surface area contributed by atoms with Gasteiger partial charge in [0.2, 0.25) is 10.0 Å². The number of hydrogen-bond donors (Lipinski definition) is 1. The molecule has 1 N–H and O–H groups in total. The van der Waals surface area contributed by atoms with Crippen LogP contribution in [-0.4, -0.2) is 53.1 Å². The molecule has 1 aliphatic rings. The molecule has 1 heterocycles. The largest absolute Gasteiger partial charge is 0.493 e. The third-order valence-electron chi connectivity index (χ3n) is 3.86. The van der Waals surface area contributed by atoms with Crippen LogP contribution in [-0.2, 0) is 10.0 Å². The minimum Gasteiger partial charge on any atom is -0.493 e. The van der Waals surface area contributed by atoms with Crippen molar-refractivity contribution >= 4 is 10.0 Å². The minimum atomic E-state index is -3.51. The SMILES string of the molecule is CNC1CCN(S(=O)(=O)c2cc(OC)c(OC)cc2C)C1. The van der Waals surface area contributed by atoms with E-state index in [2.05, 4.69) is 5.32 Å². The zero-order valence-electron chi connectivity index (χ0n) is 12.8. The third kappa shape index (κ3) is 3.00. The maximum atomic E-state index is 12.8. The van der Waals surface area contributed by atoms with Crippen LogP contribution in [0.1, 0.15) is 12.0 Å². The molecule has 21 heavy (non-hydrogen) atoms. The Labute approximate surface area is 126 Å². The number of aryl methyl sites for hydroxylation is 1. The normalized spacial score (nSPS) is 19.7. The first kappa shape index (κ1) is 16.1. The number of methoxy groups -OCH3 is 2. The van der Waals surface area contributed by atoms with Crippen molar-refractivity contribution < 1.29 is 17.9 Å². The van der Waals surface area contributed by atoms with E-state index in [4.69, 9.17) is 9.47 Å². The highest BCUT2D eigenvalue weighted by molar-refractivity contribution is 7.89. The van der Waals surface area contributed by atoms with Crippen LogP contribution in [0.3, 0.4) is 0 Å². The Kier molecular flexibility index (Phi) is 4.75. The van der Waals surface area contributed by atoms with Crippen LogP contribution in [0.4, 0.5) is 0 Å². The van der Waals surface area contributed by atoms with Crippen LogP contribution >= 0.6 is 0 Å². The van der Waals surface area contributed by atoms with E-state index in [1.807, 2.05) is 7.05 Å². The number of nitrogens with zero attached hydrogens (tertiary/aromatic N) is 1. The van der Waals surface area contributed by atoms with Gasteiger partial charge >= 0.3 is 0 Å². The number of hydrogen-bond acceptors (Lipinski definition) is 5. The summed E-state index contributed by atoms with van der Waals surface area (Å²) < 4.78 is 37.5. The molecule has 0 spiro atoms. The Morgan fingerprint density at radius 1 is 1.24 bits per heavy atom. The van der Waals surface area contributed by atoms with Gasteiger partial charge in [0.1, 0.15) is 0 Å². The number of likely N-dealkylation sites (N-methyl/N-ethyl adjacent to an activating group) is 1. The number of rotatable bonds is 5. The van der Waals surface area contributed by atoms with Crippen molar-refractivity contribution in [2.75, 3.05) is 34.4 Å². The van der Waals surface area contributed by atoms with E-state index in [9.17, 15) is 8.42 Å². The molecule has 118 valence electrons. The number of sulfonamides is 1. The Bertz CT molecular complexity index is 616. The highest BCUT2D eigenvalue weighted by atomic mass is 32.2. The summed E-state index contributed by atoms with van der Waals surface area (Å²) in [4.78, 5) is 0.275. The molecule has 1 saturated heterocycles. The fourth-order valence-corrected chi connectivity index (χ4v) is 4.28. The van der Waals surface area contributed by atoms with Crippen molar-refractivity contribution in [3.8, 4) is 11.5 Å². The highest BCUT2D eigenvalue weighted by Gasteiger charge is 2.33. The lowest BCUT2D eigenvalue weighted by atomic mass is 10.2. The van der Waals surface area contributed by atoms with Crippen LogP contribution in [0.15, 0.2) is 17.0 Å². The van der Waals surface area contributed by atoms with Crippen LogP contribution in [0.25, 0.3) is 0 Å². The topological polar surface area (TPSA) is 67.9 Å².